The summed E-state index contributed by atoms with van der Waals surface area (Å²) < 4.78 is 4.90. The number of aliphatic hydroxyl groups excluding tert-OH is 1. The standard InChI is InChI=1S/C9H13NO3.ClH/c1-6(11)13-5-7-4-8(10)2-3-9(7)12;/h2-4,6,11-12H,5,10H2,1H3;1H. The molecule has 1 unspecified atom stereocenters. The summed E-state index contributed by atoms with van der Waals surface area (Å²) in [5.41, 5.74) is 6.63. The van der Waals surface area contributed by atoms with Crippen molar-refractivity contribution < 1.29 is 14.9 Å². The average Bonchev–Trinajstić information content (AvgIpc) is 2.06. The first kappa shape index (κ1) is 13.0. The smallest absolute Gasteiger partial charge is 0.152 e. The number of hydrogen-bond acceptors (Lipinski definition) is 4. The highest BCUT2D eigenvalue weighted by Gasteiger charge is 2.03. The van der Waals surface area contributed by atoms with Crippen LogP contribution in [0, 0.1) is 0 Å². The van der Waals surface area contributed by atoms with E-state index in [4.69, 9.17) is 15.6 Å². The molecule has 0 amide bonds. The Kier molecular flexibility index (Phi) is 5.30. The van der Waals surface area contributed by atoms with Crippen LogP contribution in [-0.2, 0) is 11.3 Å². The fourth-order valence-corrected chi connectivity index (χ4v) is 0.931. The molecule has 0 bridgehead atoms. The van der Waals surface area contributed by atoms with Crippen LogP contribution in [0.2, 0.25) is 0 Å². The molecule has 1 aromatic carbocycles. The van der Waals surface area contributed by atoms with Crippen molar-refractivity contribution >= 4 is 18.1 Å². The summed E-state index contributed by atoms with van der Waals surface area (Å²) in [7, 11) is 0. The van der Waals surface area contributed by atoms with E-state index in [1.165, 1.54) is 13.0 Å². The molecule has 0 spiro atoms. The minimum absolute atomic E-state index is 0. The number of halogens is 1. The third-order valence-corrected chi connectivity index (χ3v) is 1.58. The van der Waals surface area contributed by atoms with Gasteiger partial charge in [-0.05, 0) is 25.1 Å². The highest BCUT2D eigenvalue weighted by molar-refractivity contribution is 5.85. The maximum absolute atomic E-state index is 9.33. The molecule has 14 heavy (non-hydrogen) atoms. The number of phenols is 1. The zero-order valence-corrected chi connectivity index (χ0v) is 8.62. The van der Waals surface area contributed by atoms with Crippen LogP contribution in [0.25, 0.3) is 0 Å². The first-order valence-electron chi connectivity index (χ1n) is 3.96. The van der Waals surface area contributed by atoms with Crippen molar-refractivity contribution in [3.8, 4) is 5.75 Å². The van der Waals surface area contributed by atoms with Gasteiger partial charge in [-0.1, -0.05) is 0 Å². The number of phenolic OH excluding ortho intramolecular Hbond substituents is 1. The molecule has 5 heteroatoms. The Morgan fingerprint density at radius 2 is 2.14 bits per heavy atom. The lowest BCUT2D eigenvalue weighted by Gasteiger charge is -2.08. The molecule has 1 aromatic rings. The number of nitrogens with two attached hydrogens (primary N) is 1. The van der Waals surface area contributed by atoms with E-state index in [9.17, 15) is 5.11 Å². The number of ether oxygens (including phenoxy) is 1. The summed E-state index contributed by atoms with van der Waals surface area (Å²) in [6, 6.07) is 4.70. The molecule has 1 rings (SSSR count). The predicted molar refractivity (Wildman–Crippen MR) is 56.2 cm³/mol. The van der Waals surface area contributed by atoms with Gasteiger partial charge < -0.3 is 20.7 Å². The van der Waals surface area contributed by atoms with Gasteiger partial charge in [0.25, 0.3) is 0 Å². The van der Waals surface area contributed by atoms with Gasteiger partial charge in [0.1, 0.15) is 5.75 Å². The second-order valence-electron chi connectivity index (χ2n) is 2.80. The predicted octanol–water partition coefficient (Wildman–Crippen LogP) is 1.25. The van der Waals surface area contributed by atoms with Crippen molar-refractivity contribution in [1.29, 1.82) is 0 Å². The Bertz CT molecular complexity index is 291. The largest absolute Gasteiger partial charge is 0.508 e. The van der Waals surface area contributed by atoms with E-state index in [2.05, 4.69) is 0 Å². The van der Waals surface area contributed by atoms with E-state index in [0.29, 0.717) is 11.3 Å². The van der Waals surface area contributed by atoms with Crippen molar-refractivity contribution in [2.45, 2.75) is 19.8 Å². The molecule has 0 saturated heterocycles. The molecule has 0 aliphatic rings. The van der Waals surface area contributed by atoms with E-state index < -0.39 is 6.29 Å². The van der Waals surface area contributed by atoms with E-state index in [1.807, 2.05) is 0 Å². The molecule has 0 saturated carbocycles. The molecule has 4 nitrogen and oxygen atoms in total. The molecule has 0 radical (unpaired) electrons. The Morgan fingerprint density at radius 1 is 1.50 bits per heavy atom. The third-order valence-electron chi connectivity index (χ3n) is 1.58. The first-order chi connectivity index (χ1) is 6.09. The maximum Gasteiger partial charge on any atom is 0.152 e. The van der Waals surface area contributed by atoms with E-state index in [0.717, 1.165) is 0 Å². The van der Waals surface area contributed by atoms with E-state index in [1.54, 1.807) is 12.1 Å². The lowest BCUT2D eigenvalue weighted by Crippen LogP contribution is -2.06. The normalized spacial score (nSPS) is 11.9. The maximum atomic E-state index is 9.33. The van der Waals surface area contributed by atoms with Gasteiger partial charge in [-0.25, -0.2) is 0 Å². The summed E-state index contributed by atoms with van der Waals surface area (Å²) in [5, 5.41) is 18.2. The van der Waals surface area contributed by atoms with Gasteiger partial charge in [0.2, 0.25) is 0 Å². The van der Waals surface area contributed by atoms with Gasteiger partial charge in [0, 0.05) is 11.3 Å². The highest BCUT2D eigenvalue weighted by Crippen LogP contribution is 2.20. The van der Waals surface area contributed by atoms with Crippen molar-refractivity contribution in [1.82, 2.24) is 0 Å². The first-order valence-corrected chi connectivity index (χ1v) is 3.96. The molecule has 0 fully saturated rings. The van der Waals surface area contributed by atoms with Gasteiger partial charge in [-0.2, -0.15) is 0 Å². The Hall–Kier alpha value is -0.970. The number of benzene rings is 1. The number of anilines is 1. The lowest BCUT2D eigenvalue weighted by atomic mass is 10.2. The van der Waals surface area contributed by atoms with Crippen LogP contribution in [0.15, 0.2) is 18.2 Å². The van der Waals surface area contributed by atoms with E-state index in [-0.39, 0.29) is 24.8 Å². The summed E-state index contributed by atoms with van der Waals surface area (Å²) in [5.74, 6) is 0.120. The number of aliphatic hydroxyl groups is 1. The molecule has 0 aromatic heterocycles. The minimum atomic E-state index is -0.846. The minimum Gasteiger partial charge on any atom is -0.508 e. The van der Waals surface area contributed by atoms with Gasteiger partial charge in [0.15, 0.2) is 6.29 Å². The molecular formula is C9H14ClNO3. The van der Waals surface area contributed by atoms with Crippen LogP contribution in [0.5, 0.6) is 5.75 Å². The highest BCUT2D eigenvalue weighted by atomic mass is 35.5. The van der Waals surface area contributed by atoms with E-state index >= 15 is 0 Å². The topological polar surface area (TPSA) is 75.7 Å². The molecule has 0 heterocycles. The van der Waals surface area contributed by atoms with Crippen LogP contribution in [0.1, 0.15) is 12.5 Å². The van der Waals surface area contributed by atoms with Crippen LogP contribution in [-0.4, -0.2) is 16.5 Å². The average molecular weight is 220 g/mol. The number of hydrogen-bond donors (Lipinski definition) is 3. The summed E-state index contributed by atoms with van der Waals surface area (Å²) in [6.45, 7) is 1.65. The monoisotopic (exact) mass is 219 g/mol. The van der Waals surface area contributed by atoms with Gasteiger partial charge >= 0.3 is 0 Å². The molecule has 0 aliphatic heterocycles. The SMILES string of the molecule is CC(O)OCc1cc(N)ccc1O.Cl. The summed E-state index contributed by atoms with van der Waals surface area (Å²) in [6.07, 6.45) is -0.846. The second-order valence-corrected chi connectivity index (χ2v) is 2.80. The Balaban J connectivity index is 0.00000169. The van der Waals surface area contributed by atoms with Crippen molar-refractivity contribution in [2.24, 2.45) is 0 Å². The zero-order valence-electron chi connectivity index (χ0n) is 7.80. The molecule has 4 N–H and O–H groups in total. The quantitative estimate of drug-likeness (QED) is 0.406. The third kappa shape index (κ3) is 3.83. The van der Waals surface area contributed by atoms with Crippen LogP contribution >= 0.6 is 12.4 Å². The van der Waals surface area contributed by atoms with Crippen molar-refractivity contribution in [3.05, 3.63) is 23.8 Å². The van der Waals surface area contributed by atoms with Crippen LogP contribution in [0.4, 0.5) is 5.69 Å². The summed E-state index contributed by atoms with van der Waals surface area (Å²) in [4.78, 5) is 0. The molecule has 0 aliphatic carbocycles. The Labute approximate surface area is 88.7 Å². The van der Waals surface area contributed by atoms with Gasteiger partial charge in [-0.15, -0.1) is 12.4 Å². The molecule has 80 valence electrons. The second kappa shape index (κ2) is 5.70. The Morgan fingerprint density at radius 3 is 2.71 bits per heavy atom. The molecule has 1 atom stereocenters. The number of rotatable bonds is 3. The molecular weight excluding hydrogens is 206 g/mol. The number of aromatic hydroxyl groups is 1. The van der Waals surface area contributed by atoms with Crippen molar-refractivity contribution in [2.75, 3.05) is 5.73 Å². The van der Waals surface area contributed by atoms with Gasteiger partial charge in [0.05, 0.1) is 6.61 Å². The fraction of sp³-hybridized carbons (Fsp3) is 0.333. The van der Waals surface area contributed by atoms with Crippen LogP contribution < -0.4 is 5.73 Å². The number of nitrogen functional groups attached to an aromatic ring is 1. The zero-order chi connectivity index (χ0) is 9.84. The van der Waals surface area contributed by atoms with Crippen molar-refractivity contribution in [3.63, 3.8) is 0 Å². The summed E-state index contributed by atoms with van der Waals surface area (Å²) >= 11 is 0. The fourth-order valence-electron chi connectivity index (χ4n) is 0.931. The lowest BCUT2D eigenvalue weighted by molar-refractivity contribution is -0.0942. The van der Waals surface area contributed by atoms with Crippen LogP contribution in [0.3, 0.4) is 0 Å². The van der Waals surface area contributed by atoms with Gasteiger partial charge in [-0.3, -0.25) is 0 Å².